The van der Waals surface area contributed by atoms with Gasteiger partial charge in [0.1, 0.15) is 0 Å². The highest BCUT2D eigenvalue weighted by Gasteiger charge is 2.28. The van der Waals surface area contributed by atoms with E-state index in [0.29, 0.717) is 12.8 Å². The van der Waals surface area contributed by atoms with E-state index in [1.807, 2.05) is 60.7 Å². The number of benzene rings is 2. The standard InChI is InChI=1S/C18H24N2O2/c19-15(11-13-7-3-1-4-8-13)17(21)18(22)16(20)12-14-9-5-2-6-10-14/h1-10,15-18,21-22H,11-12,19-20H2/t15-,16?,17+,18?/m0/s1. The van der Waals surface area contributed by atoms with Gasteiger partial charge < -0.3 is 21.7 Å². The lowest BCUT2D eigenvalue weighted by Gasteiger charge is -2.28. The van der Waals surface area contributed by atoms with E-state index < -0.39 is 24.3 Å². The molecule has 2 aromatic carbocycles. The van der Waals surface area contributed by atoms with Crippen molar-refractivity contribution in [2.45, 2.75) is 37.1 Å². The highest BCUT2D eigenvalue weighted by atomic mass is 16.3. The van der Waals surface area contributed by atoms with Crippen LogP contribution >= 0.6 is 0 Å². The third-order valence-electron chi connectivity index (χ3n) is 3.86. The molecule has 4 atom stereocenters. The maximum absolute atomic E-state index is 10.2. The van der Waals surface area contributed by atoms with Crippen LogP contribution in [0, 0.1) is 0 Å². The number of rotatable bonds is 7. The van der Waals surface area contributed by atoms with Crippen LogP contribution in [0.15, 0.2) is 60.7 Å². The first-order chi connectivity index (χ1) is 10.6. The molecule has 0 saturated heterocycles. The Morgan fingerprint density at radius 3 is 1.27 bits per heavy atom. The number of nitrogens with two attached hydrogens (primary N) is 2. The molecule has 118 valence electrons. The molecule has 0 aliphatic heterocycles. The lowest BCUT2D eigenvalue weighted by molar-refractivity contribution is -0.00975. The SMILES string of the molecule is NC(Cc1ccccc1)C(O)[C@H](O)[C@@H](N)Cc1ccccc1. The molecule has 2 unspecified atom stereocenters. The van der Waals surface area contributed by atoms with Gasteiger partial charge in [-0.2, -0.15) is 0 Å². The largest absolute Gasteiger partial charge is 0.389 e. The number of hydrogen-bond acceptors (Lipinski definition) is 4. The third-order valence-corrected chi connectivity index (χ3v) is 3.86. The van der Waals surface area contributed by atoms with E-state index in [-0.39, 0.29) is 0 Å². The van der Waals surface area contributed by atoms with Crippen molar-refractivity contribution in [1.29, 1.82) is 0 Å². The monoisotopic (exact) mass is 300 g/mol. The van der Waals surface area contributed by atoms with Crippen LogP contribution in [-0.2, 0) is 12.8 Å². The van der Waals surface area contributed by atoms with Crippen LogP contribution in [-0.4, -0.2) is 34.5 Å². The second-order valence-corrected chi connectivity index (χ2v) is 5.69. The van der Waals surface area contributed by atoms with Crippen LogP contribution in [0.2, 0.25) is 0 Å². The first-order valence-corrected chi connectivity index (χ1v) is 7.53. The van der Waals surface area contributed by atoms with Crippen molar-refractivity contribution in [3.05, 3.63) is 71.8 Å². The fourth-order valence-corrected chi connectivity index (χ4v) is 2.52. The molecule has 0 aliphatic carbocycles. The summed E-state index contributed by atoms with van der Waals surface area (Å²) in [6.07, 6.45) is -1.12. The van der Waals surface area contributed by atoms with E-state index in [9.17, 15) is 10.2 Å². The van der Waals surface area contributed by atoms with Crippen molar-refractivity contribution < 1.29 is 10.2 Å². The summed E-state index contributed by atoms with van der Waals surface area (Å²) >= 11 is 0. The van der Waals surface area contributed by atoms with Gasteiger partial charge in [0, 0.05) is 12.1 Å². The lowest BCUT2D eigenvalue weighted by atomic mass is 9.92. The number of aliphatic hydroxyl groups is 2. The molecule has 4 nitrogen and oxygen atoms in total. The van der Waals surface area contributed by atoms with Gasteiger partial charge in [-0.3, -0.25) is 0 Å². The summed E-state index contributed by atoms with van der Waals surface area (Å²) < 4.78 is 0. The van der Waals surface area contributed by atoms with Crippen LogP contribution in [0.5, 0.6) is 0 Å². The van der Waals surface area contributed by atoms with E-state index in [1.165, 1.54) is 0 Å². The molecule has 0 fully saturated rings. The zero-order valence-corrected chi connectivity index (χ0v) is 12.5. The molecule has 0 spiro atoms. The van der Waals surface area contributed by atoms with Crippen molar-refractivity contribution >= 4 is 0 Å². The molecule has 0 aliphatic rings. The highest BCUT2D eigenvalue weighted by molar-refractivity contribution is 5.18. The molecule has 2 aromatic rings. The minimum atomic E-state index is -1.06. The van der Waals surface area contributed by atoms with Gasteiger partial charge in [-0.25, -0.2) is 0 Å². The Kier molecular flexibility index (Phi) is 6.10. The summed E-state index contributed by atoms with van der Waals surface area (Å²) in [6, 6.07) is 18.2. The molecule has 0 aromatic heterocycles. The van der Waals surface area contributed by atoms with E-state index in [1.54, 1.807) is 0 Å². The molecule has 0 saturated carbocycles. The summed E-state index contributed by atoms with van der Waals surface area (Å²) in [5.41, 5.74) is 14.1. The first-order valence-electron chi connectivity index (χ1n) is 7.53. The van der Waals surface area contributed by atoms with Gasteiger partial charge >= 0.3 is 0 Å². The molecule has 6 N–H and O–H groups in total. The molecule has 0 amide bonds. The molecular weight excluding hydrogens is 276 g/mol. The molecule has 22 heavy (non-hydrogen) atoms. The minimum absolute atomic E-state index is 0.497. The van der Waals surface area contributed by atoms with E-state index in [2.05, 4.69) is 0 Å². The summed E-state index contributed by atoms with van der Waals surface area (Å²) in [4.78, 5) is 0. The Hall–Kier alpha value is -1.72. The quantitative estimate of drug-likeness (QED) is 0.610. The van der Waals surface area contributed by atoms with Crippen molar-refractivity contribution in [3.63, 3.8) is 0 Å². The van der Waals surface area contributed by atoms with Crippen LogP contribution < -0.4 is 11.5 Å². The minimum Gasteiger partial charge on any atom is -0.389 e. The zero-order valence-electron chi connectivity index (χ0n) is 12.5. The molecule has 2 rings (SSSR count). The average molecular weight is 300 g/mol. The Balaban J connectivity index is 1.91. The van der Waals surface area contributed by atoms with Gasteiger partial charge in [-0.15, -0.1) is 0 Å². The predicted octanol–water partition coefficient (Wildman–Crippen LogP) is 0.848. The summed E-state index contributed by atoms with van der Waals surface area (Å²) in [5.74, 6) is 0. The summed E-state index contributed by atoms with van der Waals surface area (Å²) in [7, 11) is 0. The van der Waals surface area contributed by atoms with E-state index >= 15 is 0 Å². The number of hydrogen-bond donors (Lipinski definition) is 4. The van der Waals surface area contributed by atoms with Crippen molar-refractivity contribution in [2.24, 2.45) is 11.5 Å². The molecular formula is C18H24N2O2. The predicted molar refractivity (Wildman–Crippen MR) is 88.3 cm³/mol. The molecule has 4 heteroatoms. The first kappa shape index (κ1) is 16.6. The fraction of sp³-hybridized carbons (Fsp3) is 0.333. The highest BCUT2D eigenvalue weighted by Crippen LogP contribution is 2.11. The van der Waals surface area contributed by atoms with Crippen molar-refractivity contribution in [3.8, 4) is 0 Å². The van der Waals surface area contributed by atoms with Crippen LogP contribution in [0.4, 0.5) is 0 Å². The molecule has 0 radical (unpaired) electrons. The van der Waals surface area contributed by atoms with E-state index in [4.69, 9.17) is 11.5 Å². The molecule has 0 heterocycles. The normalized spacial score (nSPS) is 16.7. The second kappa shape index (κ2) is 8.06. The van der Waals surface area contributed by atoms with Crippen LogP contribution in [0.1, 0.15) is 11.1 Å². The Bertz CT molecular complexity index is 496. The van der Waals surface area contributed by atoms with Gasteiger partial charge in [-0.05, 0) is 24.0 Å². The fourth-order valence-electron chi connectivity index (χ4n) is 2.52. The topological polar surface area (TPSA) is 92.5 Å². The maximum atomic E-state index is 10.2. The zero-order chi connectivity index (χ0) is 15.9. The Morgan fingerprint density at radius 2 is 0.955 bits per heavy atom. The second-order valence-electron chi connectivity index (χ2n) is 5.69. The summed E-state index contributed by atoms with van der Waals surface area (Å²) in [6.45, 7) is 0. The summed E-state index contributed by atoms with van der Waals surface area (Å²) in [5, 5.41) is 20.5. The Labute approximate surface area is 131 Å². The molecule has 0 bridgehead atoms. The number of aliphatic hydroxyl groups excluding tert-OH is 2. The smallest absolute Gasteiger partial charge is 0.0968 e. The van der Waals surface area contributed by atoms with Gasteiger partial charge in [-0.1, -0.05) is 60.7 Å². The average Bonchev–Trinajstić information content (AvgIpc) is 2.55. The van der Waals surface area contributed by atoms with Gasteiger partial charge in [0.25, 0.3) is 0 Å². The Morgan fingerprint density at radius 1 is 0.636 bits per heavy atom. The maximum Gasteiger partial charge on any atom is 0.0968 e. The van der Waals surface area contributed by atoms with Gasteiger partial charge in [0.05, 0.1) is 12.2 Å². The van der Waals surface area contributed by atoms with Crippen LogP contribution in [0.25, 0.3) is 0 Å². The third kappa shape index (κ3) is 4.64. The van der Waals surface area contributed by atoms with Crippen LogP contribution in [0.3, 0.4) is 0 Å². The van der Waals surface area contributed by atoms with Gasteiger partial charge in [0.15, 0.2) is 0 Å². The lowest BCUT2D eigenvalue weighted by Crippen LogP contribution is -2.52. The van der Waals surface area contributed by atoms with E-state index in [0.717, 1.165) is 11.1 Å². The van der Waals surface area contributed by atoms with Crippen molar-refractivity contribution in [1.82, 2.24) is 0 Å². The van der Waals surface area contributed by atoms with Crippen molar-refractivity contribution in [2.75, 3.05) is 0 Å². The van der Waals surface area contributed by atoms with Gasteiger partial charge in [0.2, 0.25) is 0 Å².